The molecule has 6 nitrogen and oxygen atoms in total. The molecule has 3 aromatic rings. The molecule has 2 aromatic carbocycles. The first-order valence-corrected chi connectivity index (χ1v) is 10.7. The maximum atomic E-state index is 12.6. The Hall–Kier alpha value is -2.64. The van der Waals surface area contributed by atoms with Gasteiger partial charge in [0.05, 0.1) is 0 Å². The quantitative estimate of drug-likeness (QED) is 0.664. The Balaban J connectivity index is 1.35. The molecule has 29 heavy (non-hydrogen) atoms. The summed E-state index contributed by atoms with van der Waals surface area (Å²) in [6.07, 6.45) is 0.683. The Labute approximate surface area is 179 Å². The van der Waals surface area contributed by atoms with Gasteiger partial charge in [0.1, 0.15) is 5.82 Å². The lowest BCUT2D eigenvalue weighted by atomic mass is 10.1. The maximum Gasteiger partial charge on any atom is 0.322 e. The van der Waals surface area contributed by atoms with Crippen LogP contribution < -0.4 is 10.2 Å². The summed E-state index contributed by atoms with van der Waals surface area (Å²) in [6.45, 7) is 4.18. The number of carbonyl (C=O) groups excluding carboxylic acids is 1. The largest absolute Gasteiger partial charge is 0.343 e. The van der Waals surface area contributed by atoms with Crippen LogP contribution in [0.4, 0.5) is 15.6 Å². The average Bonchev–Trinajstić information content (AvgIpc) is 3.19. The monoisotopic (exact) mass is 427 g/mol. The van der Waals surface area contributed by atoms with E-state index in [9.17, 15) is 4.79 Å². The van der Waals surface area contributed by atoms with Crippen LogP contribution in [-0.4, -0.2) is 46.0 Å². The molecule has 0 spiro atoms. The van der Waals surface area contributed by atoms with E-state index in [2.05, 4.69) is 21.5 Å². The minimum atomic E-state index is -0.0657. The molecule has 0 bridgehead atoms. The van der Waals surface area contributed by atoms with Crippen LogP contribution in [0.5, 0.6) is 0 Å². The van der Waals surface area contributed by atoms with Gasteiger partial charge in [-0.15, -0.1) is 0 Å². The lowest BCUT2D eigenvalue weighted by Crippen LogP contribution is -2.55. The van der Waals surface area contributed by atoms with Crippen LogP contribution in [0.3, 0.4) is 0 Å². The van der Waals surface area contributed by atoms with Crippen LogP contribution in [0.15, 0.2) is 54.6 Å². The van der Waals surface area contributed by atoms with Gasteiger partial charge in [0, 0.05) is 54.3 Å². The van der Waals surface area contributed by atoms with Gasteiger partial charge in [-0.1, -0.05) is 41.9 Å². The third-order valence-electron chi connectivity index (χ3n) is 4.92. The summed E-state index contributed by atoms with van der Waals surface area (Å²) in [5.74, 6) is 0.809. The van der Waals surface area contributed by atoms with E-state index in [1.54, 1.807) is 0 Å². The number of nitrogens with one attached hydrogen (secondary N) is 1. The molecule has 1 aliphatic heterocycles. The highest BCUT2D eigenvalue weighted by Crippen LogP contribution is 2.23. The topological polar surface area (TPSA) is 61.4 Å². The molecule has 2 heterocycles. The predicted molar refractivity (Wildman–Crippen MR) is 118 cm³/mol. The van der Waals surface area contributed by atoms with Crippen LogP contribution >= 0.6 is 23.1 Å². The third-order valence-corrected chi connectivity index (χ3v) is 5.98. The molecule has 1 atom stereocenters. The van der Waals surface area contributed by atoms with E-state index in [0.29, 0.717) is 13.0 Å². The van der Waals surface area contributed by atoms with Crippen molar-refractivity contribution in [1.82, 2.24) is 14.3 Å². The van der Waals surface area contributed by atoms with E-state index in [1.165, 1.54) is 11.5 Å². The number of aromatic nitrogens is 2. The first-order chi connectivity index (χ1) is 14.1. The maximum absolute atomic E-state index is 12.6. The van der Waals surface area contributed by atoms with Crippen molar-refractivity contribution in [2.24, 2.45) is 0 Å². The van der Waals surface area contributed by atoms with E-state index in [0.717, 1.165) is 40.3 Å². The zero-order valence-corrected chi connectivity index (χ0v) is 17.7. The molecular formula is C21H22ClN5OS. The number of hydrogen-bond acceptors (Lipinski definition) is 5. The third kappa shape index (κ3) is 4.86. The second-order valence-electron chi connectivity index (χ2n) is 7.08. The molecule has 1 fully saturated rings. The highest BCUT2D eigenvalue weighted by molar-refractivity contribution is 7.09. The molecule has 1 N–H and O–H groups in total. The number of nitrogens with zero attached hydrogens (tertiary/aromatic N) is 4. The van der Waals surface area contributed by atoms with Crippen LogP contribution in [-0.2, 0) is 6.42 Å². The second-order valence-corrected chi connectivity index (χ2v) is 8.25. The number of benzene rings is 2. The Morgan fingerprint density at radius 2 is 1.93 bits per heavy atom. The van der Waals surface area contributed by atoms with Crippen LogP contribution in [0.1, 0.15) is 18.3 Å². The van der Waals surface area contributed by atoms with E-state index < -0.39 is 0 Å². The number of urea groups is 1. The van der Waals surface area contributed by atoms with Crippen molar-refractivity contribution < 1.29 is 4.79 Å². The normalized spacial score (nSPS) is 16.7. The summed E-state index contributed by atoms with van der Waals surface area (Å²) in [7, 11) is 0. The molecule has 0 saturated carbocycles. The summed E-state index contributed by atoms with van der Waals surface area (Å²) in [5, 5.41) is 4.60. The smallest absolute Gasteiger partial charge is 0.322 e. The summed E-state index contributed by atoms with van der Waals surface area (Å²) < 4.78 is 4.51. The van der Waals surface area contributed by atoms with Crippen molar-refractivity contribution in [3.05, 3.63) is 71.0 Å². The van der Waals surface area contributed by atoms with E-state index in [-0.39, 0.29) is 12.1 Å². The number of carbonyl (C=O) groups is 1. The Kier molecular flexibility index (Phi) is 5.97. The second kappa shape index (κ2) is 8.80. The minimum Gasteiger partial charge on any atom is -0.343 e. The average molecular weight is 428 g/mol. The summed E-state index contributed by atoms with van der Waals surface area (Å²) in [6, 6.07) is 17.3. The zero-order chi connectivity index (χ0) is 20.2. The number of para-hydroxylation sites is 1. The van der Waals surface area contributed by atoms with Crippen molar-refractivity contribution in [2.75, 3.05) is 29.9 Å². The number of anilines is 2. The number of hydrogen-bond donors (Lipinski definition) is 1. The fraction of sp³-hybridized carbons (Fsp3) is 0.286. The SMILES string of the molecule is CC1CN(c2nc(Cc3ccc(Cl)cc3)ns2)CCN1C(=O)Nc1ccccc1. The highest BCUT2D eigenvalue weighted by Gasteiger charge is 2.29. The van der Waals surface area contributed by atoms with Gasteiger partial charge in [-0.2, -0.15) is 4.37 Å². The molecule has 4 rings (SSSR count). The van der Waals surface area contributed by atoms with Gasteiger partial charge in [0.2, 0.25) is 5.13 Å². The lowest BCUT2D eigenvalue weighted by Gasteiger charge is -2.39. The first kappa shape index (κ1) is 19.7. The van der Waals surface area contributed by atoms with Crippen molar-refractivity contribution in [3.8, 4) is 0 Å². The summed E-state index contributed by atoms with van der Waals surface area (Å²) in [5.41, 5.74) is 1.94. The Morgan fingerprint density at radius 3 is 2.66 bits per heavy atom. The minimum absolute atomic E-state index is 0.0657. The van der Waals surface area contributed by atoms with Crippen molar-refractivity contribution >= 4 is 40.0 Å². The summed E-state index contributed by atoms with van der Waals surface area (Å²) >= 11 is 7.36. The lowest BCUT2D eigenvalue weighted by molar-refractivity contribution is 0.185. The van der Waals surface area contributed by atoms with Crippen molar-refractivity contribution in [1.29, 1.82) is 0 Å². The molecular weight excluding hydrogens is 406 g/mol. The fourth-order valence-corrected chi connectivity index (χ4v) is 4.23. The van der Waals surface area contributed by atoms with Crippen LogP contribution in [0.2, 0.25) is 5.02 Å². The van der Waals surface area contributed by atoms with Crippen LogP contribution in [0, 0.1) is 0 Å². The van der Waals surface area contributed by atoms with Crippen LogP contribution in [0.25, 0.3) is 0 Å². The van der Waals surface area contributed by atoms with Gasteiger partial charge in [-0.05, 0) is 36.8 Å². The molecule has 1 unspecified atom stereocenters. The fourth-order valence-electron chi connectivity index (χ4n) is 3.38. The van der Waals surface area contributed by atoms with Gasteiger partial charge in [-0.3, -0.25) is 0 Å². The molecule has 1 aliphatic rings. The van der Waals surface area contributed by atoms with E-state index in [4.69, 9.17) is 16.6 Å². The highest BCUT2D eigenvalue weighted by atomic mass is 35.5. The van der Waals surface area contributed by atoms with E-state index in [1.807, 2.05) is 59.5 Å². The zero-order valence-electron chi connectivity index (χ0n) is 16.1. The number of rotatable bonds is 4. The molecule has 1 saturated heterocycles. The van der Waals surface area contributed by atoms with Gasteiger partial charge in [0.25, 0.3) is 0 Å². The molecule has 150 valence electrons. The summed E-state index contributed by atoms with van der Waals surface area (Å²) in [4.78, 5) is 21.4. The van der Waals surface area contributed by atoms with Gasteiger partial charge in [0.15, 0.2) is 0 Å². The van der Waals surface area contributed by atoms with Gasteiger partial charge >= 0.3 is 6.03 Å². The first-order valence-electron chi connectivity index (χ1n) is 9.53. The predicted octanol–water partition coefficient (Wildman–Crippen LogP) is 4.52. The van der Waals surface area contributed by atoms with Gasteiger partial charge < -0.3 is 15.1 Å². The number of halogens is 1. The number of amides is 2. The van der Waals surface area contributed by atoms with Crippen molar-refractivity contribution in [3.63, 3.8) is 0 Å². The molecule has 0 radical (unpaired) electrons. The molecule has 8 heteroatoms. The Morgan fingerprint density at radius 1 is 1.17 bits per heavy atom. The molecule has 2 amide bonds. The molecule has 1 aromatic heterocycles. The van der Waals surface area contributed by atoms with E-state index >= 15 is 0 Å². The van der Waals surface area contributed by atoms with Gasteiger partial charge in [-0.25, -0.2) is 9.78 Å². The van der Waals surface area contributed by atoms with Crippen molar-refractivity contribution in [2.45, 2.75) is 19.4 Å². The Bertz CT molecular complexity index is 963. The molecule has 0 aliphatic carbocycles. The standard InChI is InChI=1S/C21H22ClN5OS/c1-15-14-26(11-12-27(15)20(28)23-18-5-3-2-4-6-18)21-24-19(25-29-21)13-16-7-9-17(22)10-8-16/h2-10,15H,11-14H2,1H3,(H,23,28). The number of piperazine rings is 1.